The molecule has 0 aliphatic carbocycles. The summed E-state index contributed by atoms with van der Waals surface area (Å²) in [4.78, 5) is 43.4. The molecule has 1 atom stereocenters. The smallest absolute Gasteiger partial charge is 0.247 e. The van der Waals surface area contributed by atoms with Crippen molar-refractivity contribution in [1.82, 2.24) is 14.9 Å². The van der Waals surface area contributed by atoms with Gasteiger partial charge in [-0.15, -0.1) is 0 Å². The Morgan fingerprint density at radius 2 is 1.87 bits per heavy atom. The van der Waals surface area contributed by atoms with Crippen LogP contribution in [0.3, 0.4) is 0 Å². The highest BCUT2D eigenvalue weighted by molar-refractivity contribution is 6.02. The lowest BCUT2D eigenvalue weighted by Gasteiger charge is -2.35. The number of carbonyl (C=O) groups is 2. The maximum atomic E-state index is 13.9. The number of piperazine rings is 1. The summed E-state index contributed by atoms with van der Waals surface area (Å²) in [6.45, 7) is 5.37. The Balaban J connectivity index is 1.28. The van der Waals surface area contributed by atoms with Gasteiger partial charge in [0.1, 0.15) is 23.7 Å². The number of nitrogens with zero attached hydrogens (tertiary/aromatic N) is 5. The monoisotopic (exact) mass is 623 g/mol. The molecule has 12 heteroatoms. The first-order chi connectivity index (χ1) is 22.3. The number of carbonyl (C=O) groups excluding carboxylic acids is 2. The van der Waals surface area contributed by atoms with Crippen molar-refractivity contribution in [3.05, 3.63) is 97.1 Å². The van der Waals surface area contributed by atoms with Crippen LogP contribution in [-0.2, 0) is 14.4 Å². The number of amides is 2. The summed E-state index contributed by atoms with van der Waals surface area (Å²) >= 11 is 0. The highest BCUT2D eigenvalue weighted by Gasteiger charge is 2.30. The van der Waals surface area contributed by atoms with Crippen molar-refractivity contribution in [2.75, 3.05) is 61.0 Å². The number of hydrogen-bond acceptors (Lipinski definition) is 9. The molecule has 3 aromatic carbocycles. The van der Waals surface area contributed by atoms with Crippen LogP contribution in [0.5, 0.6) is 5.75 Å². The molecule has 6 rings (SSSR count). The summed E-state index contributed by atoms with van der Waals surface area (Å²) in [5.74, 6) is 0.802. The van der Waals surface area contributed by atoms with Gasteiger partial charge < -0.3 is 25.2 Å². The molecule has 11 nitrogen and oxygen atoms in total. The van der Waals surface area contributed by atoms with Crippen LogP contribution in [0.1, 0.15) is 18.0 Å². The Bertz CT molecular complexity index is 1780. The standard InChI is InChI=1S/C34H34FN7O4/c1-4-33(43)39-26-17-27(30(45-3)18-29(26)41-13-12-40(2)34(44)20-41)38-31-19-32(37-21-36-31)42-28(11-14-46-42)24-9-5-7-22(15-24)23-8-6-10-25(35)16-23/h4-10,15-19,21,28H,1,11-14,20H2,2-3H3,(H,39,43)(H,36,37,38)/t28-/m1/s1. The van der Waals surface area contributed by atoms with Gasteiger partial charge in [-0.25, -0.2) is 19.4 Å². The Hall–Kier alpha value is -5.49. The van der Waals surface area contributed by atoms with Gasteiger partial charge >= 0.3 is 0 Å². The number of halogens is 1. The Morgan fingerprint density at radius 1 is 1.07 bits per heavy atom. The van der Waals surface area contributed by atoms with E-state index in [4.69, 9.17) is 9.57 Å². The van der Waals surface area contributed by atoms with E-state index in [1.807, 2.05) is 35.2 Å². The van der Waals surface area contributed by atoms with Crippen molar-refractivity contribution in [3.8, 4) is 16.9 Å². The zero-order valence-electron chi connectivity index (χ0n) is 25.6. The zero-order chi connectivity index (χ0) is 32.2. The average Bonchev–Trinajstić information content (AvgIpc) is 3.57. The minimum absolute atomic E-state index is 0.0231. The minimum Gasteiger partial charge on any atom is -0.494 e. The number of nitrogens with one attached hydrogen (secondary N) is 2. The average molecular weight is 624 g/mol. The number of benzene rings is 3. The van der Waals surface area contributed by atoms with Crippen molar-refractivity contribution in [2.24, 2.45) is 0 Å². The van der Waals surface area contributed by atoms with E-state index < -0.39 is 0 Å². The number of hydroxylamine groups is 1. The highest BCUT2D eigenvalue weighted by atomic mass is 19.1. The molecular formula is C34H34FN7O4. The lowest BCUT2D eigenvalue weighted by atomic mass is 9.98. The van der Waals surface area contributed by atoms with Gasteiger partial charge in [0.2, 0.25) is 11.8 Å². The molecular weight excluding hydrogens is 589 g/mol. The molecule has 2 aliphatic heterocycles. The van der Waals surface area contributed by atoms with Crippen molar-refractivity contribution in [3.63, 3.8) is 0 Å². The molecule has 236 valence electrons. The maximum absolute atomic E-state index is 13.9. The summed E-state index contributed by atoms with van der Waals surface area (Å²) in [6, 6.07) is 19.7. The fraction of sp³-hybridized carbons (Fsp3) is 0.235. The summed E-state index contributed by atoms with van der Waals surface area (Å²) in [6.07, 6.45) is 3.36. The third-order valence-electron chi connectivity index (χ3n) is 8.03. The molecule has 1 aromatic heterocycles. The van der Waals surface area contributed by atoms with Gasteiger partial charge in [-0.1, -0.05) is 36.9 Å². The van der Waals surface area contributed by atoms with E-state index in [1.54, 1.807) is 48.4 Å². The normalized spacial score (nSPS) is 16.4. The lowest BCUT2D eigenvalue weighted by molar-refractivity contribution is -0.129. The molecule has 2 fully saturated rings. The van der Waals surface area contributed by atoms with Crippen LogP contribution in [0.15, 0.2) is 85.7 Å². The number of ether oxygens (including phenoxy) is 1. The largest absolute Gasteiger partial charge is 0.494 e. The summed E-state index contributed by atoms with van der Waals surface area (Å²) in [5, 5.41) is 7.91. The van der Waals surface area contributed by atoms with Crippen LogP contribution in [0, 0.1) is 5.82 Å². The summed E-state index contributed by atoms with van der Waals surface area (Å²) in [5.41, 5.74) is 4.39. The molecule has 4 aromatic rings. The van der Waals surface area contributed by atoms with Gasteiger partial charge in [0.05, 0.1) is 43.4 Å². The number of methoxy groups -OCH3 is 1. The third-order valence-corrected chi connectivity index (χ3v) is 8.03. The molecule has 2 N–H and O–H groups in total. The fourth-order valence-corrected chi connectivity index (χ4v) is 5.61. The van der Waals surface area contributed by atoms with Gasteiger partial charge in [-0.05, 0) is 47.0 Å². The first-order valence-electron chi connectivity index (χ1n) is 14.8. The maximum Gasteiger partial charge on any atom is 0.247 e. The van der Waals surface area contributed by atoms with Crippen LogP contribution in [0.2, 0.25) is 0 Å². The molecule has 0 bridgehead atoms. The number of anilines is 5. The van der Waals surface area contributed by atoms with Gasteiger partial charge in [-0.3, -0.25) is 14.4 Å². The van der Waals surface area contributed by atoms with Crippen LogP contribution in [-0.4, -0.2) is 67.1 Å². The van der Waals surface area contributed by atoms with E-state index in [9.17, 15) is 14.0 Å². The van der Waals surface area contributed by atoms with Crippen LogP contribution >= 0.6 is 0 Å². The molecule has 46 heavy (non-hydrogen) atoms. The predicted octanol–water partition coefficient (Wildman–Crippen LogP) is 5.32. The first kappa shape index (κ1) is 30.5. The van der Waals surface area contributed by atoms with Crippen molar-refractivity contribution < 1.29 is 23.6 Å². The zero-order valence-corrected chi connectivity index (χ0v) is 25.6. The highest BCUT2D eigenvalue weighted by Crippen LogP contribution is 2.40. The van der Waals surface area contributed by atoms with E-state index >= 15 is 0 Å². The quantitative estimate of drug-likeness (QED) is 0.239. The molecule has 2 saturated heterocycles. The van der Waals surface area contributed by atoms with Crippen molar-refractivity contribution in [2.45, 2.75) is 12.5 Å². The Labute approximate surface area is 266 Å². The second-order valence-electron chi connectivity index (χ2n) is 11.0. The van der Waals surface area contributed by atoms with Crippen molar-refractivity contribution in [1.29, 1.82) is 0 Å². The van der Waals surface area contributed by atoms with Gasteiger partial charge in [0, 0.05) is 38.7 Å². The number of aromatic nitrogens is 2. The van der Waals surface area contributed by atoms with Gasteiger partial charge in [-0.2, -0.15) is 0 Å². The third kappa shape index (κ3) is 6.47. The SMILES string of the molecule is C=CC(=O)Nc1cc(Nc2cc(N3OCC[C@@H]3c3cccc(-c4cccc(F)c4)c3)ncn2)c(OC)cc1N1CCN(C)C(=O)C1. The van der Waals surface area contributed by atoms with Crippen LogP contribution < -0.4 is 25.3 Å². The van der Waals surface area contributed by atoms with Gasteiger partial charge in [0.25, 0.3) is 0 Å². The molecule has 0 spiro atoms. The molecule has 2 aliphatic rings. The molecule has 2 amide bonds. The van der Waals surface area contributed by atoms with E-state index in [-0.39, 0.29) is 30.2 Å². The van der Waals surface area contributed by atoms with Crippen LogP contribution in [0.25, 0.3) is 11.1 Å². The second-order valence-corrected chi connectivity index (χ2v) is 11.0. The number of rotatable bonds is 9. The Kier molecular flexibility index (Phi) is 8.79. The lowest BCUT2D eigenvalue weighted by Crippen LogP contribution is -2.48. The summed E-state index contributed by atoms with van der Waals surface area (Å²) < 4.78 is 19.6. The van der Waals surface area contributed by atoms with Crippen molar-refractivity contribution >= 4 is 40.5 Å². The topological polar surface area (TPSA) is 112 Å². The number of hydrogen-bond donors (Lipinski definition) is 2. The van der Waals surface area contributed by atoms with E-state index in [0.717, 1.165) is 23.1 Å². The first-order valence-corrected chi connectivity index (χ1v) is 14.8. The fourth-order valence-electron chi connectivity index (χ4n) is 5.61. The van der Waals surface area contributed by atoms with E-state index in [1.165, 1.54) is 24.5 Å². The van der Waals surface area contributed by atoms with Gasteiger partial charge in [0.15, 0.2) is 5.82 Å². The predicted molar refractivity (Wildman–Crippen MR) is 175 cm³/mol. The molecule has 0 saturated carbocycles. The Morgan fingerprint density at radius 3 is 2.63 bits per heavy atom. The molecule has 0 unspecified atom stereocenters. The number of likely N-dealkylation sites (N-methyl/N-ethyl adjacent to an activating group) is 1. The molecule has 0 radical (unpaired) electrons. The summed E-state index contributed by atoms with van der Waals surface area (Å²) in [7, 11) is 3.32. The van der Waals surface area contributed by atoms with E-state index in [0.29, 0.717) is 54.1 Å². The second kappa shape index (κ2) is 13.2. The van der Waals surface area contributed by atoms with Crippen LogP contribution in [0.4, 0.5) is 33.1 Å². The minimum atomic E-state index is -0.388. The molecule has 3 heterocycles. The van der Waals surface area contributed by atoms with E-state index in [2.05, 4.69) is 27.2 Å².